The lowest BCUT2D eigenvalue weighted by Crippen LogP contribution is -2.41. The van der Waals surface area contributed by atoms with E-state index in [9.17, 15) is 19.5 Å². The number of aliphatic carboxylic acids is 1. The third-order valence-electron chi connectivity index (χ3n) is 4.40. The molecule has 1 amide bonds. The van der Waals surface area contributed by atoms with E-state index in [1.807, 2.05) is 6.92 Å². The minimum atomic E-state index is -1.12. The molecule has 1 fully saturated rings. The van der Waals surface area contributed by atoms with Crippen molar-refractivity contribution in [2.75, 3.05) is 6.61 Å². The van der Waals surface area contributed by atoms with Gasteiger partial charge in [0, 0.05) is 5.92 Å². The number of carboxylic acids is 1. The monoisotopic (exact) mass is 354 g/mol. The predicted molar refractivity (Wildman–Crippen MR) is 94.1 cm³/mol. The van der Waals surface area contributed by atoms with Gasteiger partial charge in [0.2, 0.25) is 0 Å². The third-order valence-corrected chi connectivity index (χ3v) is 4.40. The Morgan fingerprint density at radius 3 is 2.36 bits per heavy atom. The number of carboxylic acid groups (broad SMARTS) is 1. The number of nitrogens with zero attached hydrogens (tertiary/aromatic N) is 2. The number of amides is 1. The van der Waals surface area contributed by atoms with Crippen LogP contribution in [0.25, 0.3) is 0 Å². The van der Waals surface area contributed by atoms with Gasteiger partial charge in [0.1, 0.15) is 12.1 Å². The molecule has 0 radical (unpaired) electrons. The number of carbonyl (C=O) groups excluding carboxylic acids is 2. The Morgan fingerprint density at radius 2 is 1.84 bits per heavy atom. The highest BCUT2D eigenvalue weighted by Crippen LogP contribution is 2.24. The van der Waals surface area contributed by atoms with Gasteiger partial charge in [-0.25, -0.2) is 9.80 Å². The molecule has 7 heteroatoms. The van der Waals surface area contributed by atoms with Crippen molar-refractivity contribution >= 4 is 23.6 Å². The molecule has 0 saturated heterocycles. The normalized spacial score (nSPS) is 17.0. The fraction of sp³-hybridized carbons (Fsp3) is 0.778. The van der Waals surface area contributed by atoms with E-state index in [2.05, 4.69) is 5.10 Å². The number of esters is 1. The SMILES string of the molecule is CCCC(C)C(=NN(C(=O)CC(=O)OCC)C1CCCCC1)C(=O)O. The molecule has 1 aliphatic carbocycles. The van der Waals surface area contributed by atoms with Crippen molar-refractivity contribution in [3.05, 3.63) is 0 Å². The fourth-order valence-corrected chi connectivity index (χ4v) is 3.12. The predicted octanol–water partition coefficient (Wildman–Crippen LogP) is 2.98. The van der Waals surface area contributed by atoms with Gasteiger partial charge in [-0.1, -0.05) is 39.5 Å². The average Bonchev–Trinajstić information content (AvgIpc) is 2.56. The van der Waals surface area contributed by atoms with Crippen molar-refractivity contribution in [3.63, 3.8) is 0 Å². The van der Waals surface area contributed by atoms with Crippen molar-refractivity contribution in [2.24, 2.45) is 11.0 Å². The fourth-order valence-electron chi connectivity index (χ4n) is 3.12. The van der Waals surface area contributed by atoms with Crippen LogP contribution in [0.2, 0.25) is 0 Å². The number of ether oxygens (including phenoxy) is 1. The number of hydrazone groups is 1. The maximum Gasteiger partial charge on any atom is 0.352 e. The minimum Gasteiger partial charge on any atom is -0.477 e. The zero-order valence-corrected chi connectivity index (χ0v) is 15.5. The second kappa shape index (κ2) is 10.8. The van der Waals surface area contributed by atoms with Crippen molar-refractivity contribution in [2.45, 2.75) is 78.2 Å². The molecule has 0 aromatic rings. The molecule has 0 aromatic carbocycles. The molecular weight excluding hydrogens is 324 g/mol. The molecule has 0 aliphatic heterocycles. The molecule has 7 nitrogen and oxygen atoms in total. The zero-order chi connectivity index (χ0) is 18.8. The maximum absolute atomic E-state index is 12.6. The summed E-state index contributed by atoms with van der Waals surface area (Å²) in [4.78, 5) is 35.9. The topological polar surface area (TPSA) is 96.3 Å². The molecule has 1 N–H and O–H groups in total. The van der Waals surface area contributed by atoms with Crippen LogP contribution < -0.4 is 0 Å². The maximum atomic E-state index is 12.6. The van der Waals surface area contributed by atoms with E-state index in [1.165, 1.54) is 5.01 Å². The second-order valence-electron chi connectivity index (χ2n) is 6.49. The van der Waals surface area contributed by atoms with Crippen molar-refractivity contribution < 1.29 is 24.2 Å². The molecule has 1 saturated carbocycles. The Morgan fingerprint density at radius 1 is 1.20 bits per heavy atom. The van der Waals surface area contributed by atoms with Crippen LogP contribution in [0.4, 0.5) is 0 Å². The Balaban J connectivity index is 3.06. The van der Waals surface area contributed by atoms with Gasteiger partial charge < -0.3 is 9.84 Å². The van der Waals surface area contributed by atoms with Crippen LogP contribution in [0.1, 0.15) is 72.1 Å². The smallest absolute Gasteiger partial charge is 0.352 e. The van der Waals surface area contributed by atoms with E-state index in [1.54, 1.807) is 13.8 Å². The van der Waals surface area contributed by atoms with Gasteiger partial charge in [-0.3, -0.25) is 9.59 Å². The molecule has 1 unspecified atom stereocenters. The van der Waals surface area contributed by atoms with Gasteiger partial charge in [-0.2, -0.15) is 5.10 Å². The van der Waals surface area contributed by atoms with Crippen LogP contribution in [0.15, 0.2) is 5.10 Å². The summed E-state index contributed by atoms with van der Waals surface area (Å²) in [6, 6.07) is -0.154. The Kier molecular flexibility index (Phi) is 9.16. The first-order valence-corrected chi connectivity index (χ1v) is 9.20. The molecule has 0 heterocycles. The third kappa shape index (κ3) is 6.84. The van der Waals surface area contributed by atoms with E-state index in [0.717, 1.165) is 38.5 Å². The van der Waals surface area contributed by atoms with E-state index < -0.39 is 24.3 Å². The lowest BCUT2D eigenvalue weighted by molar-refractivity contribution is -0.149. The number of carbonyl (C=O) groups is 3. The Labute approximate surface area is 149 Å². The lowest BCUT2D eigenvalue weighted by Gasteiger charge is -2.31. The summed E-state index contributed by atoms with van der Waals surface area (Å²) >= 11 is 0. The lowest BCUT2D eigenvalue weighted by atomic mass is 9.95. The van der Waals surface area contributed by atoms with Crippen molar-refractivity contribution in [1.82, 2.24) is 5.01 Å². The van der Waals surface area contributed by atoms with Crippen molar-refractivity contribution in [3.8, 4) is 0 Å². The summed E-state index contributed by atoms with van der Waals surface area (Å²) in [6.07, 6.45) is 5.66. The van der Waals surface area contributed by atoms with Crippen LogP contribution in [-0.2, 0) is 19.1 Å². The highest BCUT2D eigenvalue weighted by Gasteiger charge is 2.29. The summed E-state index contributed by atoms with van der Waals surface area (Å²) in [6.45, 7) is 5.65. The highest BCUT2D eigenvalue weighted by molar-refractivity contribution is 6.36. The van der Waals surface area contributed by atoms with Gasteiger partial charge >= 0.3 is 11.9 Å². The van der Waals surface area contributed by atoms with Gasteiger partial charge in [-0.05, 0) is 26.2 Å². The van der Waals surface area contributed by atoms with Crippen LogP contribution in [-0.4, -0.2) is 46.3 Å². The summed E-state index contributed by atoms with van der Waals surface area (Å²) < 4.78 is 4.84. The summed E-state index contributed by atoms with van der Waals surface area (Å²) in [5.74, 6) is -2.48. The molecule has 0 bridgehead atoms. The summed E-state index contributed by atoms with van der Waals surface area (Å²) in [5.41, 5.74) is -0.0235. The van der Waals surface area contributed by atoms with E-state index >= 15 is 0 Å². The second-order valence-corrected chi connectivity index (χ2v) is 6.49. The molecule has 1 aliphatic rings. The van der Waals surface area contributed by atoms with Crippen LogP contribution in [0.5, 0.6) is 0 Å². The molecule has 142 valence electrons. The van der Waals surface area contributed by atoms with Gasteiger partial charge in [0.25, 0.3) is 5.91 Å². The number of hydrogen-bond acceptors (Lipinski definition) is 5. The molecule has 0 spiro atoms. The largest absolute Gasteiger partial charge is 0.477 e. The van der Waals surface area contributed by atoms with Crippen LogP contribution in [0.3, 0.4) is 0 Å². The molecule has 0 aromatic heterocycles. The van der Waals surface area contributed by atoms with Gasteiger partial charge in [0.15, 0.2) is 0 Å². The van der Waals surface area contributed by atoms with E-state index in [4.69, 9.17) is 4.74 Å². The minimum absolute atomic E-state index is 0.0235. The number of hydrogen-bond donors (Lipinski definition) is 1. The van der Waals surface area contributed by atoms with Gasteiger partial charge in [-0.15, -0.1) is 0 Å². The first-order valence-electron chi connectivity index (χ1n) is 9.20. The quantitative estimate of drug-likeness (QED) is 0.297. The Bertz CT molecular complexity index is 498. The molecule has 1 rings (SSSR count). The first kappa shape index (κ1) is 21.1. The van der Waals surface area contributed by atoms with Crippen LogP contribution in [0, 0.1) is 5.92 Å². The molecule has 25 heavy (non-hydrogen) atoms. The van der Waals surface area contributed by atoms with Gasteiger partial charge in [0.05, 0.1) is 12.6 Å². The summed E-state index contributed by atoms with van der Waals surface area (Å²) in [7, 11) is 0. The highest BCUT2D eigenvalue weighted by atomic mass is 16.5. The molecule has 1 atom stereocenters. The first-order chi connectivity index (χ1) is 11.9. The number of rotatable bonds is 9. The van der Waals surface area contributed by atoms with Crippen molar-refractivity contribution in [1.29, 1.82) is 0 Å². The molecular formula is C18H30N2O5. The Hall–Kier alpha value is -1.92. The summed E-state index contributed by atoms with van der Waals surface area (Å²) in [5, 5.41) is 15.0. The van der Waals surface area contributed by atoms with E-state index in [0.29, 0.717) is 6.42 Å². The van der Waals surface area contributed by atoms with Crippen LogP contribution >= 0.6 is 0 Å². The average molecular weight is 354 g/mol. The standard InChI is InChI=1S/C18H30N2O5/c1-4-9-13(3)17(18(23)24)19-20(14-10-7-6-8-11-14)15(21)12-16(22)25-5-2/h13-14H,4-12H2,1-3H3,(H,23,24). The zero-order valence-electron chi connectivity index (χ0n) is 15.5. The van der Waals surface area contributed by atoms with E-state index in [-0.39, 0.29) is 24.3 Å².